The second-order valence-electron chi connectivity index (χ2n) is 5.35. The number of hydrogen-bond donors (Lipinski definition) is 1. The van der Waals surface area contributed by atoms with Gasteiger partial charge in [-0.15, -0.1) is 0 Å². The largest absolute Gasteiger partial charge is 0.387 e. The Morgan fingerprint density at radius 1 is 1.05 bits per heavy atom. The fourth-order valence-electron chi connectivity index (χ4n) is 2.70. The van der Waals surface area contributed by atoms with Crippen LogP contribution in [-0.2, 0) is 0 Å². The third-order valence-corrected chi connectivity index (χ3v) is 4.30. The van der Waals surface area contributed by atoms with Crippen LogP contribution in [0.25, 0.3) is 0 Å². The van der Waals surface area contributed by atoms with E-state index < -0.39 is 6.10 Å². The number of nitrogens with zero attached hydrogens (tertiary/aromatic N) is 1. The maximum absolute atomic E-state index is 10.4. The zero-order valence-corrected chi connectivity index (χ0v) is 12.2. The second kappa shape index (κ2) is 5.57. The first-order valence-electron chi connectivity index (χ1n) is 6.91. The van der Waals surface area contributed by atoms with Gasteiger partial charge in [0.2, 0.25) is 0 Å². The van der Waals surface area contributed by atoms with Gasteiger partial charge in [0, 0.05) is 17.6 Å². The molecule has 1 aliphatic heterocycles. The minimum Gasteiger partial charge on any atom is -0.387 e. The van der Waals surface area contributed by atoms with Crippen LogP contribution in [0.4, 0.5) is 0 Å². The maximum Gasteiger partial charge on any atom is 0.0957 e. The predicted octanol–water partition coefficient (Wildman–Crippen LogP) is 3.82. The van der Waals surface area contributed by atoms with E-state index in [4.69, 9.17) is 11.6 Å². The van der Waals surface area contributed by atoms with Crippen LogP contribution < -0.4 is 0 Å². The smallest absolute Gasteiger partial charge is 0.0957 e. The standard InChI is InChI=1S/C17H18ClNO/c1-12(13-5-3-2-4-6-13)19-11-16(19)17(20)14-7-9-15(18)10-8-14/h2-10,12,16-17,20H,11H2,1H3/t12-,16+,17+,19?/m1/s1. The van der Waals surface area contributed by atoms with Crippen molar-refractivity contribution in [2.75, 3.05) is 6.54 Å². The fraction of sp³-hybridized carbons (Fsp3) is 0.294. The van der Waals surface area contributed by atoms with Gasteiger partial charge in [-0.1, -0.05) is 54.1 Å². The van der Waals surface area contributed by atoms with E-state index in [1.165, 1.54) is 5.56 Å². The van der Waals surface area contributed by atoms with Gasteiger partial charge in [0.25, 0.3) is 0 Å². The molecule has 0 spiro atoms. The molecule has 0 aliphatic carbocycles. The van der Waals surface area contributed by atoms with Gasteiger partial charge in [-0.2, -0.15) is 0 Å². The minimum atomic E-state index is -0.446. The first-order chi connectivity index (χ1) is 9.66. The summed E-state index contributed by atoms with van der Waals surface area (Å²) in [5.74, 6) is 0. The molecule has 3 heteroatoms. The van der Waals surface area contributed by atoms with Gasteiger partial charge in [-0.05, 0) is 30.2 Å². The van der Waals surface area contributed by atoms with Crippen LogP contribution in [0, 0.1) is 0 Å². The lowest BCUT2D eigenvalue weighted by Gasteiger charge is -2.17. The van der Waals surface area contributed by atoms with Crippen molar-refractivity contribution in [2.24, 2.45) is 0 Å². The van der Waals surface area contributed by atoms with Crippen molar-refractivity contribution >= 4 is 11.6 Å². The monoisotopic (exact) mass is 287 g/mol. The van der Waals surface area contributed by atoms with Crippen LogP contribution in [-0.4, -0.2) is 22.6 Å². The molecule has 20 heavy (non-hydrogen) atoms. The van der Waals surface area contributed by atoms with Crippen LogP contribution in [0.15, 0.2) is 54.6 Å². The SMILES string of the molecule is C[C@H](c1ccccc1)N1C[C@H]1[C@@H](O)c1ccc(Cl)cc1. The number of benzene rings is 2. The maximum atomic E-state index is 10.4. The second-order valence-corrected chi connectivity index (χ2v) is 5.78. The van der Waals surface area contributed by atoms with Gasteiger partial charge in [-0.3, -0.25) is 4.90 Å². The summed E-state index contributed by atoms with van der Waals surface area (Å²) < 4.78 is 0. The molecule has 1 aliphatic rings. The third kappa shape index (κ3) is 2.73. The van der Waals surface area contributed by atoms with Crippen molar-refractivity contribution < 1.29 is 5.11 Å². The molecule has 4 atom stereocenters. The molecule has 2 nitrogen and oxygen atoms in total. The molecule has 0 bridgehead atoms. The van der Waals surface area contributed by atoms with Crippen LogP contribution in [0.5, 0.6) is 0 Å². The van der Waals surface area contributed by atoms with Gasteiger partial charge < -0.3 is 5.11 Å². The third-order valence-electron chi connectivity index (χ3n) is 4.05. The molecule has 1 fully saturated rings. The highest BCUT2D eigenvalue weighted by atomic mass is 35.5. The summed E-state index contributed by atoms with van der Waals surface area (Å²) in [6.07, 6.45) is -0.446. The Hall–Kier alpha value is -1.35. The summed E-state index contributed by atoms with van der Waals surface area (Å²) in [6.45, 7) is 3.11. The van der Waals surface area contributed by atoms with Gasteiger partial charge in [-0.25, -0.2) is 0 Å². The molecular weight excluding hydrogens is 270 g/mol. The summed E-state index contributed by atoms with van der Waals surface area (Å²) in [5.41, 5.74) is 2.22. The van der Waals surface area contributed by atoms with E-state index in [1.807, 2.05) is 30.3 Å². The topological polar surface area (TPSA) is 23.2 Å². The Kier molecular flexibility index (Phi) is 3.79. The highest BCUT2D eigenvalue weighted by molar-refractivity contribution is 6.30. The Balaban J connectivity index is 1.68. The van der Waals surface area contributed by atoms with E-state index >= 15 is 0 Å². The lowest BCUT2D eigenvalue weighted by molar-refractivity contribution is 0.151. The molecule has 0 saturated carbocycles. The van der Waals surface area contributed by atoms with Crippen LogP contribution in [0.1, 0.15) is 30.2 Å². The van der Waals surface area contributed by atoms with Crippen molar-refractivity contribution in [3.63, 3.8) is 0 Å². The van der Waals surface area contributed by atoms with Gasteiger partial charge in [0.1, 0.15) is 0 Å². The van der Waals surface area contributed by atoms with E-state index in [-0.39, 0.29) is 6.04 Å². The Morgan fingerprint density at radius 3 is 2.35 bits per heavy atom. The average molecular weight is 288 g/mol. The summed E-state index contributed by atoms with van der Waals surface area (Å²) in [7, 11) is 0. The van der Waals surface area contributed by atoms with Crippen molar-refractivity contribution in [3.8, 4) is 0 Å². The van der Waals surface area contributed by atoms with Crippen molar-refractivity contribution in [1.29, 1.82) is 0 Å². The molecule has 0 aromatic heterocycles. The highest BCUT2D eigenvalue weighted by Gasteiger charge is 2.43. The zero-order valence-electron chi connectivity index (χ0n) is 11.4. The van der Waals surface area contributed by atoms with Gasteiger partial charge in [0.15, 0.2) is 0 Å². The lowest BCUT2D eigenvalue weighted by Crippen LogP contribution is -2.14. The van der Waals surface area contributed by atoms with Gasteiger partial charge in [0.05, 0.1) is 12.1 Å². The Morgan fingerprint density at radius 2 is 1.70 bits per heavy atom. The van der Waals surface area contributed by atoms with Crippen molar-refractivity contribution in [1.82, 2.24) is 4.90 Å². The predicted molar refractivity (Wildman–Crippen MR) is 81.8 cm³/mol. The number of rotatable bonds is 4. The zero-order chi connectivity index (χ0) is 14.1. The number of halogens is 1. The molecule has 104 valence electrons. The van der Waals surface area contributed by atoms with E-state index in [9.17, 15) is 5.11 Å². The van der Waals surface area contributed by atoms with Gasteiger partial charge >= 0.3 is 0 Å². The molecule has 2 aromatic carbocycles. The van der Waals surface area contributed by atoms with Crippen molar-refractivity contribution in [2.45, 2.75) is 25.1 Å². The molecule has 0 amide bonds. The molecule has 3 rings (SSSR count). The molecule has 1 unspecified atom stereocenters. The Bertz CT molecular complexity index is 569. The first kappa shape index (κ1) is 13.6. The van der Waals surface area contributed by atoms with E-state index in [2.05, 4.69) is 36.1 Å². The van der Waals surface area contributed by atoms with Crippen LogP contribution in [0.2, 0.25) is 5.02 Å². The van der Waals surface area contributed by atoms with E-state index in [1.54, 1.807) is 0 Å². The number of hydrogen-bond acceptors (Lipinski definition) is 2. The summed E-state index contributed by atoms with van der Waals surface area (Å²) in [5, 5.41) is 11.1. The van der Waals surface area contributed by atoms with E-state index in [0.29, 0.717) is 11.1 Å². The molecule has 2 aromatic rings. The molecule has 1 saturated heterocycles. The lowest BCUT2D eigenvalue weighted by atomic mass is 10.1. The number of aliphatic hydroxyl groups is 1. The van der Waals surface area contributed by atoms with Crippen molar-refractivity contribution in [3.05, 3.63) is 70.7 Å². The fourth-order valence-corrected chi connectivity index (χ4v) is 2.83. The summed E-state index contributed by atoms with van der Waals surface area (Å²) in [4.78, 5) is 2.31. The minimum absolute atomic E-state index is 0.200. The number of aliphatic hydroxyl groups excluding tert-OH is 1. The average Bonchev–Trinajstić information content (AvgIpc) is 3.28. The molecular formula is C17H18ClNO. The first-order valence-corrected chi connectivity index (χ1v) is 7.29. The highest BCUT2D eigenvalue weighted by Crippen LogP contribution is 2.38. The Labute approximate surface area is 124 Å². The summed E-state index contributed by atoms with van der Waals surface area (Å²) in [6, 6.07) is 18.4. The van der Waals surface area contributed by atoms with E-state index in [0.717, 1.165) is 12.1 Å². The van der Waals surface area contributed by atoms with Crippen LogP contribution >= 0.6 is 11.6 Å². The van der Waals surface area contributed by atoms with Crippen LogP contribution in [0.3, 0.4) is 0 Å². The molecule has 1 heterocycles. The quantitative estimate of drug-likeness (QED) is 0.864. The molecule has 0 radical (unpaired) electrons. The summed E-state index contributed by atoms with van der Waals surface area (Å²) >= 11 is 5.88. The molecule has 1 N–H and O–H groups in total. The normalized spacial score (nSPS) is 24.1.